The number of nitrogens with zero attached hydrogens (tertiary/aromatic N) is 1. The summed E-state index contributed by atoms with van der Waals surface area (Å²) in [4.78, 5) is 12.0. The third kappa shape index (κ3) is 3.08. The molecule has 0 saturated heterocycles. The predicted molar refractivity (Wildman–Crippen MR) is 80.7 cm³/mol. The molecule has 1 amide bonds. The molecular weight excluding hydrogens is 252 g/mol. The van der Waals surface area contributed by atoms with Crippen LogP contribution in [0.5, 0.6) is 5.75 Å². The van der Waals surface area contributed by atoms with E-state index in [-0.39, 0.29) is 11.8 Å². The highest BCUT2D eigenvalue weighted by molar-refractivity contribution is 5.88. The van der Waals surface area contributed by atoms with Crippen molar-refractivity contribution >= 4 is 16.7 Å². The van der Waals surface area contributed by atoms with E-state index in [0.717, 1.165) is 22.1 Å². The van der Waals surface area contributed by atoms with E-state index in [1.165, 1.54) is 0 Å². The molecule has 0 aliphatic heterocycles. The van der Waals surface area contributed by atoms with E-state index in [0.29, 0.717) is 0 Å². The Kier molecular flexibility index (Phi) is 4.25. The van der Waals surface area contributed by atoms with Gasteiger partial charge in [-0.25, -0.2) is 5.01 Å². The SMILES string of the molecule is COc1ccc2cc([C@H](C)C(=O)NN(C)C)ccc2c1. The van der Waals surface area contributed by atoms with Gasteiger partial charge in [-0.15, -0.1) is 0 Å². The minimum Gasteiger partial charge on any atom is -0.497 e. The summed E-state index contributed by atoms with van der Waals surface area (Å²) in [6.45, 7) is 1.91. The molecule has 2 rings (SSSR count). The van der Waals surface area contributed by atoms with E-state index in [9.17, 15) is 4.79 Å². The van der Waals surface area contributed by atoms with Gasteiger partial charge in [-0.2, -0.15) is 0 Å². The second-order valence-electron chi connectivity index (χ2n) is 5.06. The van der Waals surface area contributed by atoms with Gasteiger partial charge in [0.05, 0.1) is 13.0 Å². The van der Waals surface area contributed by atoms with Crippen molar-refractivity contribution in [3.05, 3.63) is 42.0 Å². The number of amides is 1. The molecule has 4 heteroatoms. The van der Waals surface area contributed by atoms with Gasteiger partial charge in [-0.1, -0.05) is 24.3 Å². The van der Waals surface area contributed by atoms with Crippen molar-refractivity contribution in [3.8, 4) is 5.75 Å². The molecule has 0 aliphatic carbocycles. The minimum absolute atomic E-state index is 0.0112. The molecule has 0 unspecified atom stereocenters. The van der Waals surface area contributed by atoms with Crippen molar-refractivity contribution in [2.75, 3.05) is 21.2 Å². The lowest BCUT2D eigenvalue weighted by atomic mass is 9.97. The van der Waals surface area contributed by atoms with Crippen molar-refractivity contribution in [2.24, 2.45) is 0 Å². The lowest BCUT2D eigenvalue weighted by Gasteiger charge is -2.17. The average Bonchev–Trinajstić information content (AvgIpc) is 2.44. The van der Waals surface area contributed by atoms with E-state index >= 15 is 0 Å². The van der Waals surface area contributed by atoms with Crippen LogP contribution in [0.1, 0.15) is 18.4 Å². The summed E-state index contributed by atoms with van der Waals surface area (Å²) in [5.74, 6) is 0.635. The molecule has 0 aliphatic rings. The topological polar surface area (TPSA) is 41.6 Å². The molecule has 20 heavy (non-hydrogen) atoms. The first-order valence-corrected chi connectivity index (χ1v) is 6.57. The zero-order valence-electron chi connectivity index (χ0n) is 12.3. The third-order valence-corrected chi connectivity index (χ3v) is 3.30. The van der Waals surface area contributed by atoms with Crippen molar-refractivity contribution < 1.29 is 9.53 Å². The minimum atomic E-state index is -0.191. The number of nitrogens with one attached hydrogen (secondary N) is 1. The highest BCUT2D eigenvalue weighted by Crippen LogP contribution is 2.25. The van der Waals surface area contributed by atoms with Crippen molar-refractivity contribution in [3.63, 3.8) is 0 Å². The van der Waals surface area contributed by atoms with Crippen LogP contribution in [0.25, 0.3) is 10.8 Å². The first-order valence-electron chi connectivity index (χ1n) is 6.57. The second kappa shape index (κ2) is 5.92. The van der Waals surface area contributed by atoms with E-state index < -0.39 is 0 Å². The van der Waals surface area contributed by atoms with E-state index in [1.807, 2.05) is 37.3 Å². The summed E-state index contributed by atoms with van der Waals surface area (Å²) in [7, 11) is 5.26. The zero-order chi connectivity index (χ0) is 14.7. The number of methoxy groups -OCH3 is 1. The molecule has 1 N–H and O–H groups in total. The van der Waals surface area contributed by atoms with E-state index in [1.54, 1.807) is 26.2 Å². The van der Waals surface area contributed by atoms with Gasteiger partial charge in [0, 0.05) is 14.1 Å². The Morgan fingerprint density at radius 1 is 1.15 bits per heavy atom. The fraction of sp³-hybridized carbons (Fsp3) is 0.312. The second-order valence-corrected chi connectivity index (χ2v) is 5.06. The van der Waals surface area contributed by atoms with Crippen molar-refractivity contribution in [1.82, 2.24) is 10.4 Å². The molecule has 4 nitrogen and oxygen atoms in total. The first kappa shape index (κ1) is 14.3. The first-order chi connectivity index (χ1) is 9.51. The van der Waals surface area contributed by atoms with Gasteiger partial charge in [-0.3, -0.25) is 10.2 Å². The monoisotopic (exact) mass is 272 g/mol. The molecule has 0 fully saturated rings. The lowest BCUT2D eigenvalue weighted by molar-refractivity contribution is -0.125. The highest BCUT2D eigenvalue weighted by atomic mass is 16.5. The van der Waals surface area contributed by atoms with Gasteiger partial charge < -0.3 is 4.74 Å². The summed E-state index contributed by atoms with van der Waals surface area (Å²) in [5, 5.41) is 3.87. The Balaban J connectivity index is 2.29. The molecule has 0 heterocycles. The standard InChI is InChI=1S/C16H20N2O2/c1-11(16(19)17-18(2)3)12-5-6-14-10-15(20-4)8-7-13(14)9-12/h5-11H,1-4H3,(H,17,19)/t11-/m0/s1. The lowest BCUT2D eigenvalue weighted by Crippen LogP contribution is -2.38. The number of hydrogen-bond donors (Lipinski definition) is 1. The number of fused-ring (bicyclic) bond motifs is 1. The molecule has 0 bridgehead atoms. The van der Waals surface area contributed by atoms with Crippen molar-refractivity contribution in [2.45, 2.75) is 12.8 Å². The summed E-state index contributed by atoms with van der Waals surface area (Å²) in [6.07, 6.45) is 0. The third-order valence-electron chi connectivity index (χ3n) is 3.30. The quantitative estimate of drug-likeness (QED) is 0.870. The molecule has 106 valence electrons. The maximum Gasteiger partial charge on any atom is 0.241 e. The van der Waals surface area contributed by atoms with Gasteiger partial charge >= 0.3 is 0 Å². The summed E-state index contributed by atoms with van der Waals surface area (Å²) < 4.78 is 5.21. The van der Waals surface area contributed by atoms with Gasteiger partial charge in [0.2, 0.25) is 5.91 Å². The molecule has 0 spiro atoms. The largest absolute Gasteiger partial charge is 0.497 e. The molecule has 1 atom stereocenters. The van der Waals surface area contributed by atoms with Crippen LogP contribution in [0.3, 0.4) is 0 Å². The van der Waals surface area contributed by atoms with Crippen LogP contribution >= 0.6 is 0 Å². The Hall–Kier alpha value is -2.07. The van der Waals surface area contributed by atoms with Crippen LogP contribution in [0, 0.1) is 0 Å². The number of rotatable bonds is 4. The summed E-state index contributed by atoms with van der Waals surface area (Å²) in [6, 6.07) is 12.0. The predicted octanol–water partition coefficient (Wildman–Crippen LogP) is 2.54. The normalized spacial score (nSPS) is 12.4. The number of carbonyl (C=O) groups is 1. The molecule has 0 saturated carbocycles. The molecule has 2 aromatic rings. The summed E-state index contributed by atoms with van der Waals surface area (Å²) >= 11 is 0. The van der Waals surface area contributed by atoms with E-state index in [4.69, 9.17) is 4.74 Å². The smallest absolute Gasteiger partial charge is 0.241 e. The zero-order valence-corrected chi connectivity index (χ0v) is 12.3. The van der Waals surface area contributed by atoms with Gasteiger partial charge in [0.25, 0.3) is 0 Å². The number of ether oxygens (including phenoxy) is 1. The molecule has 0 aromatic heterocycles. The maximum atomic E-state index is 12.0. The number of hydrazine groups is 1. The Bertz CT molecular complexity index is 623. The fourth-order valence-electron chi connectivity index (χ4n) is 2.11. The highest BCUT2D eigenvalue weighted by Gasteiger charge is 2.15. The maximum absolute atomic E-state index is 12.0. The Morgan fingerprint density at radius 2 is 1.80 bits per heavy atom. The van der Waals surface area contributed by atoms with Crippen LogP contribution in [0.4, 0.5) is 0 Å². The van der Waals surface area contributed by atoms with Crippen molar-refractivity contribution in [1.29, 1.82) is 0 Å². The number of hydrogen-bond acceptors (Lipinski definition) is 3. The average molecular weight is 272 g/mol. The Morgan fingerprint density at radius 3 is 2.45 bits per heavy atom. The molecule has 2 aromatic carbocycles. The van der Waals surface area contributed by atoms with Crippen LogP contribution in [0.2, 0.25) is 0 Å². The van der Waals surface area contributed by atoms with Crippen LogP contribution < -0.4 is 10.2 Å². The van der Waals surface area contributed by atoms with Crippen LogP contribution in [-0.2, 0) is 4.79 Å². The fourth-order valence-corrected chi connectivity index (χ4v) is 2.11. The molecule has 0 radical (unpaired) electrons. The van der Waals surface area contributed by atoms with Gasteiger partial charge in [0.1, 0.15) is 5.75 Å². The molecular formula is C16H20N2O2. The number of carbonyl (C=O) groups excluding carboxylic acids is 1. The van der Waals surface area contributed by atoms with E-state index in [2.05, 4.69) is 11.5 Å². The number of benzene rings is 2. The van der Waals surface area contributed by atoms with Gasteiger partial charge in [0.15, 0.2) is 0 Å². The van der Waals surface area contributed by atoms with Crippen LogP contribution in [0.15, 0.2) is 36.4 Å². The summed E-state index contributed by atoms with van der Waals surface area (Å²) in [5.41, 5.74) is 3.78. The van der Waals surface area contributed by atoms with Gasteiger partial charge in [-0.05, 0) is 35.4 Å². The van der Waals surface area contributed by atoms with Crippen LogP contribution in [-0.4, -0.2) is 32.1 Å². The Labute approximate surface area is 119 Å².